The van der Waals surface area contributed by atoms with Crippen LogP contribution < -0.4 is 5.69 Å². The Morgan fingerprint density at radius 2 is 1.83 bits per heavy atom. The SMILES string of the molecule is O=c1ncccn1Cc1ccc(C(F)(F)F)cc1. The van der Waals surface area contributed by atoms with Crippen LogP contribution in [0.1, 0.15) is 11.1 Å². The van der Waals surface area contributed by atoms with Crippen LogP contribution >= 0.6 is 0 Å². The lowest BCUT2D eigenvalue weighted by molar-refractivity contribution is -0.137. The molecule has 0 aliphatic carbocycles. The Hall–Kier alpha value is -2.11. The topological polar surface area (TPSA) is 34.9 Å². The van der Waals surface area contributed by atoms with E-state index < -0.39 is 17.4 Å². The number of alkyl halides is 3. The lowest BCUT2D eigenvalue weighted by Crippen LogP contribution is -2.21. The van der Waals surface area contributed by atoms with E-state index >= 15 is 0 Å². The average Bonchev–Trinajstić information content (AvgIpc) is 2.32. The van der Waals surface area contributed by atoms with Gasteiger partial charge in [0.15, 0.2) is 0 Å². The fourth-order valence-corrected chi connectivity index (χ4v) is 1.50. The summed E-state index contributed by atoms with van der Waals surface area (Å²) in [6.45, 7) is 0.199. The Bertz CT molecular complexity index is 587. The molecule has 1 aromatic heterocycles. The quantitative estimate of drug-likeness (QED) is 0.824. The van der Waals surface area contributed by atoms with Crippen molar-refractivity contribution in [1.82, 2.24) is 9.55 Å². The molecule has 2 aromatic rings. The van der Waals surface area contributed by atoms with E-state index in [4.69, 9.17) is 0 Å². The van der Waals surface area contributed by atoms with Crippen molar-refractivity contribution in [3.63, 3.8) is 0 Å². The minimum atomic E-state index is -4.34. The highest BCUT2D eigenvalue weighted by atomic mass is 19.4. The fraction of sp³-hybridized carbons (Fsp3) is 0.167. The molecule has 1 heterocycles. The van der Waals surface area contributed by atoms with Gasteiger partial charge in [0.1, 0.15) is 0 Å². The zero-order valence-electron chi connectivity index (χ0n) is 9.19. The molecule has 2 rings (SSSR count). The lowest BCUT2D eigenvalue weighted by atomic mass is 10.1. The summed E-state index contributed by atoms with van der Waals surface area (Å²) in [5, 5.41) is 0. The molecule has 94 valence electrons. The van der Waals surface area contributed by atoms with Crippen LogP contribution in [-0.2, 0) is 12.7 Å². The maximum atomic E-state index is 12.3. The van der Waals surface area contributed by atoms with Gasteiger partial charge in [-0.1, -0.05) is 12.1 Å². The van der Waals surface area contributed by atoms with Gasteiger partial charge in [-0.2, -0.15) is 13.2 Å². The van der Waals surface area contributed by atoms with Crippen LogP contribution in [0.5, 0.6) is 0 Å². The molecule has 0 unspecified atom stereocenters. The average molecular weight is 254 g/mol. The third-order valence-electron chi connectivity index (χ3n) is 2.42. The molecular weight excluding hydrogens is 245 g/mol. The Morgan fingerprint density at radius 1 is 1.17 bits per heavy atom. The molecule has 0 spiro atoms. The Balaban J connectivity index is 2.22. The number of benzene rings is 1. The van der Waals surface area contributed by atoms with Crippen molar-refractivity contribution in [3.05, 3.63) is 64.3 Å². The molecule has 0 aliphatic rings. The highest BCUT2D eigenvalue weighted by molar-refractivity contribution is 5.24. The third kappa shape index (κ3) is 2.77. The summed E-state index contributed by atoms with van der Waals surface area (Å²) in [7, 11) is 0. The summed E-state index contributed by atoms with van der Waals surface area (Å²) < 4.78 is 38.4. The van der Waals surface area contributed by atoms with E-state index in [1.54, 1.807) is 6.07 Å². The number of nitrogens with zero attached hydrogens (tertiary/aromatic N) is 2. The van der Waals surface area contributed by atoms with E-state index in [1.165, 1.54) is 29.1 Å². The Kier molecular flexibility index (Phi) is 3.18. The first kappa shape index (κ1) is 12.3. The standard InChI is InChI=1S/C12H9F3N2O/c13-12(14,15)10-4-2-9(3-5-10)8-17-7-1-6-16-11(17)18/h1-7H,8H2. The number of aromatic nitrogens is 2. The molecule has 0 fully saturated rings. The van der Waals surface area contributed by atoms with Gasteiger partial charge in [-0.05, 0) is 23.8 Å². The number of rotatable bonds is 2. The van der Waals surface area contributed by atoms with E-state index in [0.717, 1.165) is 12.1 Å². The van der Waals surface area contributed by atoms with Crippen molar-refractivity contribution < 1.29 is 13.2 Å². The maximum absolute atomic E-state index is 12.3. The predicted molar refractivity (Wildman–Crippen MR) is 59.0 cm³/mol. The van der Waals surface area contributed by atoms with Gasteiger partial charge in [0.2, 0.25) is 0 Å². The van der Waals surface area contributed by atoms with Crippen LogP contribution in [0.25, 0.3) is 0 Å². The van der Waals surface area contributed by atoms with Crippen molar-refractivity contribution >= 4 is 0 Å². The molecule has 6 heteroatoms. The van der Waals surface area contributed by atoms with E-state index in [1.807, 2.05) is 0 Å². The van der Waals surface area contributed by atoms with Crippen LogP contribution in [-0.4, -0.2) is 9.55 Å². The van der Waals surface area contributed by atoms with Crippen LogP contribution in [0.15, 0.2) is 47.5 Å². The van der Waals surface area contributed by atoms with Gasteiger partial charge < -0.3 is 0 Å². The zero-order valence-corrected chi connectivity index (χ0v) is 9.19. The number of halogens is 3. The third-order valence-corrected chi connectivity index (χ3v) is 2.42. The van der Waals surface area contributed by atoms with Crippen LogP contribution in [0, 0.1) is 0 Å². The monoisotopic (exact) mass is 254 g/mol. The summed E-state index contributed by atoms with van der Waals surface area (Å²) in [4.78, 5) is 14.9. The van der Waals surface area contributed by atoms with Crippen molar-refractivity contribution in [1.29, 1.82) is 0 Å². The fourth-order valence-electron chi connectivity index (χ4n) is 1.50. The predicted octanol–water partition coefficient (Wildman–Crippen LogP) is 2.31. The Morgan fingerprint density at radius 3 is 2.39 bits per heavy atom. The zero-order chi connectivity index (χ0) is 13.2. The largest absolute Gasteiger partial charge is 0.416 e. The second kappa shape index (κ2) is 4.64. The molecule has 3 nitrogen and oxygen atoms in total. The molecule has 0 bridgehead atoms. The molecule has 0 saturated carbocycles. The van der Waals surface area contributed by atoms with Crippen molar-refractivity contribution in [2.24, 2.45) is 0 Å². The normalized spacial score (nSPS) is 11.5. The second-order valence-corrected chi connectivity index (χ2v) is 3.72. The van der Waals surface area contributed by atoms with Gasteiger partial charge >= 0.3 is 11.9 Å². The summed E-state index contributed by atoms with van der Waals surface area (Å²) >= 11 is 0. The highest BCUT2D eigenvalue weighted by Gasteiger charge is 2.29. The molecule has 0 amide bonds. The van der Waals surface area contributed by atoms with E-state index in [-0.39, 0.29) is 6.54 Å². The summed E-state index contributed by atoms with van der Waals surface area (Å²) in [6.07, 6.45) is -1.44. The minimum absolute atomic E-state index is 0.199. The summed E-state index contributed by atoms with van der Waals surface area (Å²) in [5.74, 6) is 0. The highest BCUT2D eigenvalue weighted by Crippen LogP contribution is 2.29. The lowest BCUT2D eigenvalue weighted by Gasteiger charge is -2.08. The second-order valence-electron chi connectivity index (χ2n) is 3.72. The van der Waals surface area contributed by atoms with Gasteiger partial charge in [0.25, 0.3) is 0 Å². The number of hydrogen-bond acceptors (Lipinski definition) is 2. The van der Waals surface area contributed by atoms with Gasteiger partial charge in [-0.25, -0.2) is 9.78 Å². The van der Waals surface area contributed by atoms with Crippen molar-refractivity contribution in [2.45, 2.75) is 12.7 Å². The molecule has 0 N–H and O–H groups in total. The smallest absolute Gasteiger partial charge is 0.295 e. The Labute approximate surface area is 101 Å². The van der Waals surface area contributed by atoms with Gasteiger partial charge in [0, 0.05) is 12.4 Å². The van der Waals surface area contributed by atoms with Crippen LogP contribution in [0.3, 0.4) is 0 Å². The molecule has 0 atom stereocenters. The molecule has 1 aromatic carbocycles. The van der Waals surface area contributed by atoms with E-state index in [9.17, 15) is 18.0 Å². The van der Waals surface area contributed by atoms with Gasteiger partial charge in [-0.15, -0.1) is 0 Å². The van der Waals surface area contributed by atoms with Gasteiger partial charge in [0.05, 0.1) is 12.1 Å². The van der Waals surface area contributed by atoms with Crippen molar-refractivity contribution in [3.8, 4) is 0 Å². The van der Waals surface area contributed by atoms with Crippen LogP contribution in [0.2, 0.25) is 0 Å². The first-order valence-corrected chi connectivity index (χ1v) is 5.14. The molecule has 0 saturated heterocycles. The van der Waals surface area contributed by atoms with E-state index in [0.29, 0.717) is 5.56 Å². The molecule has 0 radical (unpaired) electrons. The van der Waals surface area contributed by atoms with Crippen molar-refractivity contribution in [2.75, 3.05) is 0 Å². The number of hydrogen-bond donors (Lipinski definition) is 0. The summed E-state index contributed by atoms with van der Waals surface area (Å²) in [5.41, 5.74) is -0.528. The first-order chi connectivity index (χ1) is 8.47. The molecule has 0 aliphatic heterocycles. The van der Waals surface area contributed by atoms with E-state index in [2.05, 4.69) is 4.98 Å². The van der Waals surface area contributed by atoms with Gasteiger partial charge in [-0.3, -0.25) is 4.57 Å². The minimum Gasteiger partial charge on any atom is -0.295 e. The maximum Gasteiger partial charge on any atom is 0.416 e. The molecular formula is C12H9F3N2O. The first-order valence-electron chi connectivity index (χ1n) is 5.14. The molecule has 18 heavy (non-hydrogen) atoms. The van der Waals surface area contributed by atoms with Crippen LogP contribution in [0.4, 0.5) is 13.2 Å². The summed E-state index contributed by atoms with van der Waals surface area (Å²) in [6, 6.07) is 6.28.